The summed E-state index contributed by atoms with van der Waals surface area (Å²) in [6.45, 7) is 4.24. The summed E-state index contributed by atoms with van der Waals surface area (Å²) in [5.41, 5.74) is 2.99. The summed E-state index contributed by atoms with van der Waals surface area (Å²) in [5.74, 6) is 0.893. The molecule has 0 bridgehead atoms. The van der Waals surface area contributed by atoms with Gasteiger partial charge in [0.05, 0.1) is 18.7 Å². The largest absolute Gasteiger partial charge is 0.496 e. The highest BCUT2D eigenvalue weighted by Gasteiger charge is 2.14. The molecule has 108 valence electrons. The maximum Gasteiger partial charge on any atom is 0.123 e. The van der Waals surface area contributed by atoms with E-state index in [1.54, 1.807) is 7.11 Å². The molecular weight excluding hydrogens is 260 g/mol. The van der Waals surface area contributed by atoms with E-state index < -0.39 is 0 Å². The molecule has 0 aliphatic carbocycles. The number of benzene rings is 2. The molecule has 1 N–H and O–H groups in total. The minimum atomic E-state index is 0.173. The van der Waals surface area contributed by atoms with Crippen molar-refractivity contribution in [2.24, 2.45) is 0 Å². The molecule has 0 saturated carbocycles. The van der Waals surface area contributed by atoms with Crippen LogP contribution in [0.15, 0.2) is 48.5 Å². The van der Waals surface area contributed by atoms with Crippen molar-refractivity contribution in [3.63, 3.8) is 0 Å². The lowest BCUT2D eigenvalue weighted by Gasteiger charge is -2.22. The normalized spacial score (nSPS) is 13.2. The van der Waals surface area contributed by atoms with Gasteiger partial charge < -0.3 is 10.1 Å². The van der Waals surface area contributed by atoms with Crippen molar-refractivity contribution in [2.45, 2.75) is 25.9 Å². The van der Waals surface area contributed by atoms with Gasteiger partial charge >= 0.3 is 0 Å². The molecule has 0 aliphatic rings. The van der Waals surface area contributed by atoms with Gasteiger partial charge in [0.25, 0.3) is 0 Å². The lowest BCUT2D eigenvalue weighted by atomic mass is 10.0. The van der Waals surface area contributed by atoms with Gasteiger partial charge in [-0.15, -0.1) is 0 Å². The van der Waals surface area contributed by atoms with Gasteiger partial charge in [-0.05, 0) is 37.6 Å². The number of rotatable bonds is 5. The Bertz CT molecular complexity index is 628. The van der Waals surface area contributed by atoms with Crippen molar-refractivity contribution in [3.05, 3.63) is 65.2 Å². The van der Waals surface area contributed by atoms with Gasteiger partial charge in [0.2, 0.25) is 0 Å². The van der Waals surface area contributed by atoms with Crippen molar-refractivity contribution >= 4 is 0 Å². The fourth-order valence-corrected chi connectivity index (χ4v) is 2.43. The van der Waals surface area contributed by atoms with Crippen LogP contribution >= 0.6 is 0 Å². The second-order valence-electron chi connectivity index (χ2n) is 5.09. The molecule has 2 aromatic rings. The first-order chi connectivity index (χ1) is 10.2. The molecule has 0 amide bonds. The summed E-state index contributed by atoms with van der Waals surface area (Å²) in [7, 11) is 1.69. The van der Waals surface area contributed by atoms with E-state index in [9.17, 15) is 0 Å². The third kappa shape index (κ3) is 3.62. The highest BCUT2D eigenvalue weighted by molar-refractivity contribution is 5.36. The van der Waals surface area contributed by atoms with E-state index in [1.807, 2.05) is 42.5 Å². The number of nitrogens with one attached hydrogen (secondary N) is 1. The zero-order chi connectivity index (χ0) is 15.2. The smallest absolute Gasteiger partial charge is 0.123 e. The molecule has 3 nitrogen and oxygen atoms in total. The molecule has 21 heavy (non-hydrogen) atoms. The van der Waals surface area contributed by atoms with Gasteiger partial charge in [0.1, 0.15) is 5.75 Å². The average Bonchev–Trinajstić information content (AvgIpc) is 2.54. The van der Waals surface area contributed by atoms with Crippen LogP contribution < -0.4 is 10.1 Å². The Morgan fingerprint density at radius 3 is 2.29 bits per heavy atom. The molecule has 2 aromatic carbocycles. The van der Waals surface area contributed by atoms with Crippen molar-refractivity contribution in [2.75, 3.05) is 7.11 Å². The minimum Gasteiger partial charge on any atom is -0.496 e. The third-order valence-electron chi connectivity index (χ3n) is 3.65. The van der Waals surface area contributed by atoms with Crippen molar-refractivity contribution in [3.8, 4) is 11.8 Å². The molecule has 0 aliphatic heterocycles. The first-order valence-electron chi connectivity index (χ1n) is 7.04. The highest BCUT2D eigenvalue weighted by atomic mass is 16.5. The lowest BCUT2D eigenvalue weighted by Crippen LogP contribution is -2.22. The van der Waals surface area contributed by atoms with Crippen LogP contribution in [0.5, 0.6) is 5.75 Å². The van der Waals surface area contributed by atoms with Gasteiger partial charge in [-0.25, -0.2) is 0 Å². The standard InChI is InChI=1S/C18H20N2O/c1-13(16-10-8-15(12-19)9-11-16)20-14(2)17-6-4-5-7-18(17)21-3/h4-11,13-14,20H,1-3H3. The zero-order valence-electron chi connectivity index (χ0n) is 12.6. The molecule has 0 radical (unpaired) electrons. The number of methoxy groups -OCH3 is 1. The van der Waals surface area contributed by atoms with Gasteiger partial charge in [0, 0.05) is 17.6 Å². The average molecular weight is 280 g/mol. The molecule has 2 rings (SSSR count). The molecule has 0 heterocycles. The molecular formula is C18H20N2O. The number of hydrogen-bond acceptors (Lipinski definition) is 3. The number of hydrogen-bond donors (Lipinski definition) is 1. The predicted molar refractivity (Wildman–Crippen MR) is 84.1 cm³/mol. The van der Waals surface area contributed by atoms with Crippen LogP contribution in [0, 0.1) is 11.3 Å². The number of para-hydroxylation sites is 1. The summed E-state index contributed by atoms with van der Waals surface area (Å²) < 4.78 is 5.41. The lowest BCUT2D eigenvalue weighted by molar-refractivity contribution is 0.396. The van der Waals surface area contributed by atoms with E-state index in [1.165, 1.54) is 0 Å². The van der Waals surface area contributed by atoms with Crippen LogP contribution in [0.4, 0.5) is 0 Å². The predicted octanol–water partition coefficient (Wildman–Crippen LogP) is 3.98. The van der Waals surface area contributed by atoms with Gasteiger partial charge in [0.15, 0.2) is 0 Å². The van der Waals surface area contributed by atoms with Crippen LogP contribution in [0.3, 0.4) is 0 Å². The molecule has 0 spiro atoms. The van der Waals surface area contributed by atoms with E-state index >= 15 is 0 Å². The van der Waals surface area contributed by atoms with Crippen molar-refractivity contribution in [1.82, 2.24) is 5.32 Å². The molecule has 3 heteroatoms. The van der Waals surface area contributed by atoms with Gasteiger partial charge in [-0.3, -0.25) is 0 Å². The number of nitrogens with zero attached hydrogens (tertiary/aromatic N) is 1. The van der Waals surface area contributed by atoms with Crippen LogP contribution in [0.25, 0.3) is 0 Å². The molecule has 2 unspecified atom stereocenters. The minimum absolute atomic E-state index is 0.173. The Balaban J connectivity index is 2.11. The van der Waals surface area contributed by atoms with Crippen LogP contribution in [-0.4, -0.2) is 7.11 Å². The SMILES string of the molecule is COc1ccccc1C(C)NC(C)c1ccc(C#N)cc1. The Morgan fingerprint density at radius 2 is 1.67 bits per heavy atom. The maximum absolute atomic E-state index is 8.84. The van der Waals surface area contributed by atoms with Gasteiger partial charge in [-0.2, -0.15) is 5.26 Å². The van der Waals surface area contributed by atoms with E-state index in [0.717, 1.165) is 16.9 Å². The Labute approximate surface area is 126 Å². The first kappa shape index (κ1) is 15.1. The maximum atomic E-state index is 8.84. The molecule has 2 atom stereocenters. The topological polar surface area (TPSA) is 45.0 Å². The van der Waals surface area contributed by atoms with E-state index in [-0.39, 0.29) is 12.1 Å². The quantitative estimate of drug-likeness (QED) is 0.901. The highest BCUT2D eigenvalue weighted by Crippen LogP contribution is 2.26. The Hall–Kier alpha value is -2.31. The third-order valence-corrected chi connectivity index (χ3v) is 3.65. The first-order valence-corrected chi connectivity index (χ1v) is 7.04. The van der Waals surface area contributed by atoms with Crippen LogP contribution in [0.1, 0.15) is 42.6 Å². The summed E-state index contributed by atoms with van der Waals surface area (Å²) in [4.78, 5) is 0. The van der Waals surface area contributed by atoms with Crippen molar-refractivity contribution in [1.29, 1.82) is 5.26 Å². The van der Waals surface area contributed by atoms with E-state index in [4.69, 9.17) is 10.00 Å². The monoisotopic (exact) mass is 280 g/mol. The fraction of sp³-hybridized carbons (Fsp3) is 0.278. The summed E-state index contributed by atoms with van der Waals surface area (Å²) in [6.07, 6.45) is 0. The Kier molecular flexibility index (Phi) is 4.97. The second-order valence-corrected chi connectivity index (χ2v) is 5.09. The van der Waals surface area contributed by atoms with E-state index in [2.05, 4.69) is 31.3 Å². The zero-order valence-corrected chi connectivity index (χ0v) is 12.6. The molecule has 0 fully saturated rings. The number of nitriles is 1. The van der Waals surface area contributed by atoms with Crippen molar-refractivity contribution < 1.29 is 4.74 Å². The molecule has 0 aromatic heterocycles. The summed E-state index contributed by atoms with van der Waals surface area (Å²) in [5, 5.41) is 12.4. The summed E-state index contributed by atoms with van der Waals surface area (Å²) >= 11 is 0. The Morgan fingerprint density at radius 1 is 1.00 bits per heavy atom. The fourth-order valence-electron chi connectivity index (χ4n) is 2.43. The van der Waals surface area contributed by atoms with Crippen LogP contribution in [-0.2, 0) is 0 Å². The number of ether oxygens (including phenoxy) is 1. The molecule has 0 saturated heterocycles. The van der Waals surface area contributed by atoms with Gasteiger partial charge in [-0.1, -0.05) is 30.3 Å². The van der Waals surface area contributed by atoms with E-state index in [0.29, 0.717) is 5.56 Å². The summed E-state index contributed by atoms with van der Waals surface area (Å²) in [6, 6.07) is 18.2. The van der Waals surface area contributed by atoms with Crippen LogP contribution in [0.2, 0.25) is 0 Å². The second kappa shape index (κ2) is 6.92.